The van der Waals surface area contributed by atoms with Gasteiger partial charge in [-0.15, -0.1) is 0 Å². The Hall–Kier alpha value is -2.22. The van der Waals surface area contributed by atoms with E-state index in [9.17, 15) is 14.5 Å². The van der Waals surface area contributed by atoms with Crippen LogP contribution in [0.2, 0.25) is 0 Å². The maximum absolute atomic E-state index is 13.0. The average molecular weight is 328 g/mol. The van der Waals surface area contributed by atoms with Gasteiger partial charge in [0.1, 0.15) is 11.6 Å². The third kappa shape index (κ3) is 2.97. The van der Waals surface area contributed by atoms with Crippen LogP contribution in [0.1, 0.15) is 0 Å². The van der Waals surface area contributed by atoms with E-state index >= 15 is 0 Å². The summed E-state index contributed by atoms with van der Waals surface area (Å²) >= 11 is 3.02. The molecule has 0 atom stereocenters. The van der Waals surface area contributed by atoms with Gasteiger partial charge >= 0.3 is 5.69 Å². The first-order valence-corrected chi connectivity index (χ1v) is 5.80. The number of hydrogen-bond acceptors (Lipinski definition) is 5. The van der Waals surface area contributed by atoms with Crippen molar-refractivity contribution in [2.75, 3.05) is 5.73 Å². The summed E-state index contributed by atoms with van der Waals surface area (Å²) < 4.78 is 18.6. The lowest BCUT2D eigenvalue weighted by Crippen LogP contribution is -1.99. The summed E-state index contributed by atoms with van der Waals surface area (Å²) in [6.45, 7) is 0. The number of ether oxygens (including phenoxy) is 1. The Kier molecular flexibility index (Phi) is 3.61. The summed E-state index contributed by atoms with van der Waals surface area (Å²) in [5, 5.41) is 10.6. The van der Waals surface area contributed by atoms with Crippen molar-refractivity contribution in [2.45, 2.75) is 0 Å². The molecule has 2 aromatic rings. The van der Waals surface area contributed by atoms with Gasteiger partial charge in [-0.1, -0.05) is 0 Å². The predicted octanol–water partition coefficient (Wildman–Crippen LogP) is 3.27. The molecular weight excluding hydrogens is 321 g/mol. The van der Waals surface area contributed by atoms with Crippen LogP contribution in [0.5, 0.6) is 11.6 Å². The van der Waals surface area contributed by atoms with Crippen molar-refractivity contribution in [3.05, 3.63) is 50.7 Å². The van der Waals surface area contributed by atoms with Gasteiger partial charge in [0.15, 0.2) is 0 Å². The minimum absolute atomic E-state index is 0.0848. The number of anilines is 1. The fourth-order valence-electron chi connectivity index (χ4n) is 1.32. The number of halogens is 2. The molecule has 2 N–H and O–H groups in total. The van der Waals surface area contributed by atoms with Crippen LogP contribution in [-0.4, -0.2) is 9.91 Å². The Balaban J connectivity index is 2.26. The molecule has 0 fully saturated rings. The van der Waals surface area contributed by atoms with E-state index in [1.54, 1.807) is 0 Å². The molecule has 19 heavy (non-hydrogen) atoms. The van der Waals surface area contributed by atoms with Crippen molar-refractivity contribution in [3.8, 4) is 11.6 Å². The van der Waals surface area contributed by atoms with Crippen LogP contribution >= 0.6 is 15.9 Å². The quantitative estimate of drug-likeness (QED) is 0.690. The predicted molar refractivity (Wildman–Crippen MR) is 69.5 cm³/mol. The minimum Gasteiger partial charge on any atom is -0.439 e. The monoisotopic (exact) mass is 327 g/mol. The lowest BCUT2D eigenvalue weighted by Gasteiger charge is -2.06. The van der Waals surface area contributed by atoms with Crippen LogP contribution < -0.4 is 10.5 Å². The van der Waals surface area contributed by atoms with Crippen LogP contribution in [0.3, 0.4) is 0 Å². The molecule has 1 aromatic carbocycles. The molecule has 2 rings (SSSR count). The summed E-state index contributed by atoms with van der Waals surface area (Å²) in [7, 11) is 0. The Morgan fingerprint density at radius 2 is 2.11 bits per heavy atom. The molecule has 8 heteroatoms. The highest BCUT2D eigenvalue weighted by atomic mass is 79.9. The fraction of sp³-hybridized carbons (Fsp3) is 0. The van der Waals surface area contributed by atoms with Gasteiger partial charge in [0.2, 0.25) is 11.7 Å². The van der Waals surface area contributed by atoms with Crippen LogP contribution in [0.4, 0.5) is 15.9 Å². The summed E-state index contributed by atoms with van der Waals surface area (Å²) in [6, 6.07) is 6.53. The van der Waals surface area contributed by atoms with Crippen LogP contribution in [0.15, 0.2) is 34.8 Å². The third-order valence-electron chi connectivity index (χ3n) is 2.19. The molecule has 0 saturated carbocycles. The minimum atomic E-state index is -0.638. The zero-order valence-electron chi connectivity index (χ0n) is 9.34. The fourth-order valence-corrected chi connectivity index (χ4v) is 1.68. The number of nitrogens with zero attached hydrogens (tertiary/aromatic N) is 2. The van der Waals surface area contributed by atoms with Crippen molar-refractivity contribution in [3.63, 3.8) is 0 Å². The first-order valence-electron chi connectivity index (χ1n) is 5.01. The van der Waals surface area contributed by atoms with Gasteiger partial charge in [-0.05, 0) is 34.1 Å². The SMILES string of the molecule is Nc1nc(Oc2ccc(F)c(Br)c2)ccc1[N+](=O)[O-]. The Labute approximate surface area is 115 Å². The van der Waals surface area contributed by atoms with E-state index in [2.05, 4.69) is 20.9 Å². The van der Waals surface area contributed by atoms with Crippen molar-refractivity contribution in [1.82, 2.24) is 4.98 Å². The zero-order valence-corrected chi connectivity index (χ0v) is 10.9. The topological polar surface area (TPSA) is 91.3 Å². The van der Waals surface area contributed by atoms with Crippen molar-refractivity contribution >= 4 is 27.4 Å². The van der Waals surface area contributed by atoms with Crippen LogP contribution in [0, 0.1) is 15.9 Å². The molecule has 0 amide bonds. The second-order valence-electron chi connectivity index (χ2n) is 3.49. The first kappa shape index (κ1) is 13.2. The molecular formula is C11H7BrFN3O3. The molecule has 1 heterocycles. The lowest BCUT2D eigenvalue weighted by atomic mass is 10.3. The maximum Gasteiger partial charge on any atom is 0.311 e. The first-order chi connectivity index (χ1) is 8.97. The van der Waals surface area contributed by atoms with E-state index in [1.165, 1.54) is 30.3 Å². The molecule has 0 unspecified atom stereocenters. The summed E-state index contributed by atoms with van der Waals surface area (Å²) in [6.07, 6.45) is 0. The molecule has 0 aliphatic heterocycles. The van der Waals surface area contributed by atoms with Gasteiger partial charge in [-0.2, -0.15) is 4.98 Å². The zero-order chi connectivity index (χ0) is 14.0. The van der Waals surface area contributed by atoms with Crippen LogP contribution in [0.25, 0.3) is 0 Å². The van der Waals surface area contributed by atoms with Gasteiger partial charge in [0.05, 0.1) is 9.40 Å². The molecule has 0 bridgehead atoms. The molecule has 0 spiro atoms. The Bertz CT molecular complexity index is 651. The number of pyridine rings is 1. The normalized spacial score (nSPS) is 10.2. The number of aromatic nitrogens is 1. The Morgan fingerprint density at radius 1 is 1.37 bits per heavy atom. The number of nitrogens with two attached hydrogens (primary N) is 1. The molecule has 0 saturated heterocycles. The van der Waals surface area contributed by atoms with Gasteiger partial charge in [0.25, 0.3) is 0 Å². The molecule has 0 radical (unpaired) electrons. The smallest absolute Gasteiger partial charge is 0.311 e. The van der Waals surface area contributed by atoms with E-state index < -0.39 is 10.7 Å². The molecule has 0 aliphatic carbocycles. The number of nitro groups is 1. The van der Waals surface area contributed by atoms with Gasteiger partial charge in [-0.3, -0.25) is 10.1 Å². The molecule has 0 aliphatic rings. The Morgan fingerprint density at radius 3 is 2.68 bits per heavy atom. The van der Waals surface area contributed by atoms with Gasteiger partial charge < -0.3 is 10.5 Å². The molecule has 6 nitrogen and oxygen atoms in total. The molecule has 98 valence electrons. The van der Waals surface area contributed by atoms with Gasteiger partial charge in [-0.25, -0.2) is 4.39 Å². The number of nitrogen functional groups attached to an aromatic ring is 1. The van der Waals surface area contributed by atoms with Gasteiger partial charge in [0, 0.05) is 12.1 Å². The maximum atomic E-state index is 13.0. The highest BCUT2D eigenvalue weighted by Crippen LogP contribution is 2.28. The molecule has 1 aromatic heterocycles. The van der Waals surface area contributed by atoms with Crippen molar-refractivity contribution in [2.24, 2.45) is 0 Å². The van der Waals surface area contributed by atoms with E-state index in [4.69, 9.17) is 10.5 Å². The highest BCUT2D eigenvalue weighted by Gasteiger charge is 2.13. The standard InChI is InChI=1S/C11H7BrFN3O3/c12-7-5-6(1-2-8(7)13)19-10-4-3-9(16(17)18)11(14)15-10/h1-5H,(H2,14,15). The number of benzene rings is 1. The van der Waals surface area contributed by atoms with E-state index in [0.717, 1.165) is 0 Å². The second-order valence-corrected chi connectivity index (χ2v) is 4.34. The van der Waals surface area contributed by atoms with Crippen molar-refractivity contribution in [1.29, 1.82) is 0 Å². The lowest BCUT2D eigenvalue weighted by molar-refractivity contribution is -0.384. The number of hydrogen-bond donors (Lipinski definition) is 1. The van der Waals surface area contributed by atoms with E-state index in [0.29, 0.717) is 5.75 Å². The van der Waals surface area contributed by atoms with Crippen molar-refractivity contribution < 1.29 is 14.1 Å². The van der Waals surface area contributed by atoms with E-state index in [-0.39, 0.29) is 21.9 Å². The summed E-state index contributed by atoms with van der Waals surface area (Å²) in [5.41, 5.74) is 5.13. The largest absolute Gasteiger partial charge is 0.439 e. The summed E-state index contributed by atoms with van der Waals surface area (Å²) in [5.74, 6) is -0.261. The average Bonchev–Trinajstić information content (AvgIpc) is 2.33. The van der Waals surface area contributed by atoms with E-state index in [1.807, 2.05) is 0 Å². The highest BCUT2D eigenvalue weighted by molar-refractivity contribution is 9.10. The number of rotatable bonds is 3. The second kappa shape index (κ2) is 5.19. The van der Waals surface area contributed by atoms with Crippen LogP contribution in [-0.2, 0) is 0 Å². The summed E-state index contributed by atoms with van der Waals surface area (Å²) in [4.78, 5) is 13.7. The third-order valence-corrected chi connectivity index (χ3v) is 2.79.